The maximum absolute atomic E-state index is 13.1. The number of carbonyl (C=O) groups excluding carboxylic acids is 2. The molecule has 0 saturated heterocycles. The van der Waals surface area contributed by atoms with Crippen LogP contribution in [0.1, 0.15) is 31.7 Å². The first-order chi connectivity index (χ1) is 11.6. The molecule has 122 valence electrons. The van der Waals surface area contributed by atoms with Gasteiger partial charge in [-0.3, -0.25) is 14.5 Å². The van der Waals surface area contributed by atoms with Gasteiger partial charge >= 0.3 is 5.97 Å². The van der Waals surface area contributed by atoms with Gasteiger partial charge in [0.05, 0.1) is 16.8 Å². The number of fused-ring (bicyclic) bond motifs is 2. The van der Waals surface area contributed by atoms with E-state index in [1.807, 2.05) is 12.1 Å². The lowest BCUT2D eigenvalue weighted by Gasteiger charge is -2.21. The summed E-state index contributed by atoms with van der Waals surface area (Å²) in [7, 11) is 0. The molecule has 0 unspecified atom stereocenters. The van der Waals surface area contributed by atoms with Crippen LogP contribution in [0.15, 0.2) is 36.5 Å². The third-order valence-electron chi connectivity index (χ3n) is 4.65. The van der Waals surface area contributed by atoms with Gasteiger partial charge in [0.1, 0.15) is 5.82 Å². The summed E-state index contributed by atoms with van der Waals surface area (Å²) in [4.78, 5) is 30.8. The third-order valence-corrected chi connectivity index (χ3v) is 4.65. The van der Waals surface area contributed by atoms with Crippen LogP contribution in [0, 0.1) is 0 Å². The minimum Gasteiger partial charge on any atom is -0.422 e. The van der Waals surface area contributed by atoms with Gasteiger partial charge in [-0.15, -0.1) is 0 Å². The Balaban J connectivity index is 1.87. The number of rotatable bonds is 3. The van der Waals surface area contributed by atoms with Gasteiger partial charge in [-0.1, -0.05) is 19.1 Å². The summed E-state index contributed by atoms with van der Waals surface area (Å²) in [6.45, 7) is 1.71. The largest absolute Gasteiger partial charge is 0.422 e. The number of nitrogens with zero attached hydrogens (tertiary/aromatic N) is 2. The molecule has 1 aromatic carbocycles. The number of nitrogen functional groups attached to an aromatic ring is 1. The number of pyridine rings is 1. The lowest BCUT2D eigenvalue weighted by atomic mass is 10.00. The van der Waals surface area contributed by atoms with Gasteiger partial charge in [-0.25, -0.2) is 4.98 Å². The Bertz CT molecular complexity index is 858. The fourth-order valence-corrected chi connectivity index (χ4v) is 3.22. The first-order valence-electron chi connectivity index (χ1n) is 7.97. The van der Waals surface area contributed by atoms with Crippen LogP contribution in [-0.2, 0) is 15.0 Å². The molecule has 4 rings (SSSR count). The predicted octanol–water partition coefficient (Wildman–Crippen LogP) is 2.69. The van der Waals surface area contributed by atoms with E-state index >= 15 is 0 Å². The summed E-state index contributed by atoms with van der Waals surface area (Å²) in [5.41, 5.74) is 7.25. The number of carbonyl (C=O) groups is 2. The molecule has 2 aliphatic rings. The Morgan fingerprint density at radius 3 is 2.83 bits per heavy atom. The van der Waals surface area contributed by atoms with E-state index < -0.39 is 11.4 Å². The van der Waals surface area contributed by atoms with Crippen molar-refractivity contribution in [1.29, 1.82) is 0 Å². The van der Waals surface area contributed by atoms with Crippen molar-refractivity contribution in [2.45, 2.75) is 31.6 Å². The molecule has 1 amide bonds. The zero-order valence-electron chi connectivity index (χ0n) is 13.3. The first-order valence-corrected chi connectivity index (χ1v) is 7.97. The van der Waals surface area contributed by atoms with E-state index in [1.165, 1.54) is 4.90 Å². The number of esters is 1. The van der Waals surface area contributed by atoms with E-state index in [4.69, 9.17) is 10.5 Å². The molecule has 6 heteroatoms. The third kappa shape index (κ3) is 1.92. The number of para-hydroxylation sites is 1. The highest BCUT2D eigenvalue weighted by molar-refractivity contribution is 6.15. The fraction of sp³-hybridized carbons (Fsp3) is 0.278. The predicted molar refractivity (Wildman–Crippen MR) is 89.1 cm³/mol. The Morgan fingerprint density at radius 1 is 1.33 bits per heavy atom. The van der Waals surface area contributed by atoms with Crippen LogP contribution in [0.5, 0.6) is 5.75 Å². The second-order valence-corrected chi connectivity index (χ2v) is 6.12. The average Bonchev–Trinajstić information content (AvgIpc) is 3.35. The number of amides is 1. The van der Waals surface area contributed by atoms with Gasteiger partial charge in [-0.05, 0) is 31.0 Å². The van der Waals surface area contributed by atoms with Gasteiger partial charge in [0.2, 0.25) is 5.91 Å². The SMILES string of the molecule is CCC(=O)Oc1c(N)cccc1N1C(=O)C2(CC2)c2cccnc21. The van der Waals surface area contributed by atoms with E-state index in [0.717, 1.165) is 18.4 Å². The van der Waals surface area contributed by atoms with E-state index in [1.54, 1.807) is 31.3 Å². The van der Waals surface area contributed by atoms with Crippen molar-refractivity contribution in [2.24, 2.45) is 0 Å². The maximum Gasteiger partial charge on any atom is 0.311 e. The molecule has 0 bridgehead atoms. The van der Waals surface area contributed by atoms with Crippen LogP contribution >= 0.6 is 0 Å². The topological polar surface area (TPSA) is 85.5 Å². The van der Waals surface area contributed by atoms with Gasteiger partial charge in [0.15, 0.2) is 5.75 Å². The maximum atomic E-state index is 13.1. The molecule has 2 aromatic rings. The van der Waals surface area contributed by atoms with Gasteiger partial charge in [-0.2, -0.15) is 0 Å². The Kier molecular flexibility index (Phi) is 3.09. The molecular formula is C18H17N3O3. The van der Waals surface area contributed by atoms with Crippen molar-refractivity contribution in [3.8, 4) is 5.75 Å². The van der Waals surface area contributed by atoms with Crippen LogP contribution in [0.25, 0.3) is 0 Å². The first kappa shape index (κ1) is 14.7. The van der Waals surface area contributed by atoms with Crippen molar-refractivity contribution in [3.63, 3.8) is 0 Å². The normalized spacial score (nSPS) is 17.0. The Hall–Kier alpha value is -2.89. The quantitative estimate of drug-likeness (QED) is 0.533. The highest BCUT2D eigenvalue weighted by Crippen LogP contribution is 2.59. The van der Waals surface area contributed by atoms with E-state index in [2.05, 4.69) is 4.98 Å². The van der Waals surface area contributed by atoms with Crippen LogP contribution in [0.2, 0.25) is 0 Å². The molecule has 1 fully saturated rings. The monoisotopic (exact) mass is 323 g/mol. The molecule has 6 nitrogen and oxygen atoms in total. The number of benzene rings is 1. The average molecular weight is 323 g/mol. The summed E-state index contributed by atoms with van der Waals surface area (Å²) in [6, 6.07) is 8.90. The standard InChI is InChI=1S/C18H17N3O3/c1-2-14(22)24-15-12(19)6-3-7-13(15)21-16-11(5-4-10-20-16)18(8-9-18)17(21)23/h3-7,10H,2,8-9,19H2,1H3. The second-order valence-electron chi connectivity index (χ2n) is 6.12. The summed E-state index contributed by atoms with van der Waals surface area (Å²) in [5, 5.41) is 0. The van der Waals surface area contributed by atoms with E-state index in [-0.39, 0.29) is 18.1 Å². The molecule has 1 saturated carbocycles. The molecule has 2 N–H and O–H groups in total. The van der Waals surface area contributed by atoms with Crippen LogP contribution in [0.3, 0.4) is 0 Å². The molecule has 1 aliphatic heterocycles. The zero-order valence-corrected chi connectivity index (χ0v) is 13.3. The lowest BCUT2D eigenvalue weighted by molar-refractivity contribution is -0.134. The Morgan fingerprint density at radius 2 is 2.12 bits per heavy atom. The molecule has 0 atom stereocenters. The summed E-state index contributed by atoms with van der Waals surface area (Å²) in [6.07, 6.45) is 3.51. The molecular weight excluding hydrogens is 306 g/mol. The number of ether oxygens (including phenoxy) is 1. The Labute approximate surface area is 139 Å². The summed E-state index contributed by atoms with van der Waals surface area (Å²) in [5.74, 6) is 0.380. The fourth-order valence-electron chi connectivity index (χ4n) is 3.22. The van der Waals surface area contributed by atoms with Crippen molar-refractivity contribution in [1.82, 2.24) is 4.98 Å². The molecule has 24 heavy (non-hydrogen) atoms. The minimum atomic E-state index is -0.472. The highest BCUT2D eigenvalue weighted by atomic mass is 16.5. The van der Waals surface area contributed by atoms with Gasteiger partial charge < -0.3 is 10.5 Å². The van der Waals surface area contributed by atoms with Gasteiger partial charge in [0.25, 0.3) is 0 Å². The van der Waals surface area contributed by atoms with Crippen LogP contribution in [0.4, 0.5) is 17.2 Å². The van der Waals surface area contributed by atoms with E-state index in [9.17, 15) is 9.59 Å². The number of nitrogens with two attached hydrogens (primary N) is 1. The number of anilines is 3. The molecule has 1 spiro atoms. The highest BCUT2D eigenvalue weighted by Gasteiger charge is 2.60. The number of aromatic nitrogens is 1. The molecule has 2 heterocycles. The second kappa shape index (κ2) is 5.06. The van der Waals surface area contributed by atoms with Crippen molar-refractivity contribution < 1.29 is 14.3 Å². The summed E-state index contributed by atoms with van der Waals surface area (Å²) >= 11 is 0. The lowest BCUT2D eigenvalue weighted by Crippen LogP contribution is -2.29. The zero-order chi connectivity index (χ0) is 16.9. The number of hydrogen-bond donors (Lipinski definition) is 1. The van der Waals surface area contributed by atoms with Crippen molar-refractivity contribution in [3.05, 3.63) is 42.1 Å². The summed E-state index contributed by atoms with van der Waals surface area (Å²) < 4.78 is 5.40. The molecule has 0 radical (unpaired) electrons. The smallest absolute Gasteiger partial charge is 0.311 e. The molecule has 1 aromatic heterocycles. The van der Waals surface area contributed by atoms with Crippen LogP contribution < -0.4 is 15.4 Å². The van der Waals surface area contributed by atoms with E-state index in [0.29, 0.717) is 17.2 Å². The van der Waals surface area contributed by atoms with Crippen molar-refractivity contribution >= 4 is 29.1 Å². The minimum absolute atomic E-state index is 0.0319. The van der Waals surface area contributed by atoms with Crippen LogP contribution in [-0.4, -0.2) is 16.9 Å². The molecule has 1 aliphatic carbocycles. The van der Waals surface area contributed by atoms with Crippen molar-refractivity contribution in [2.75, 3.05) is 10.6 Å². The number of hydrogen-bond acceptors (Lipinski definition) is 5. The van der Waals surface area contributed by atoms with Gasteiger partial charge in [0, 0.05) is 18.2 Å².